The molecule has 2 saturated heterocycles. The van der Waals surface area contributed by atoms with E-state index in [4.69, 9.17) is 14.6 Å². The van der Waals surface area contributed by atoms with Crippen LogP contribution < -0.4 is 0 Å². The Bertz CT molecular complexity index is 362. The average molecular weight is 410 g/mol. The van der Waals surface area contributed by atoms with Gasteiger partial charge in [-0.2, -0.15) is 0 Å². The molecule has 0 spiro atoms. The first-order valence-electron chi connectivity index (χ1n) is 7.88. The van der Waals surface area contributed by atoms with Crippen LogP contribution in [-0.4, -0.2) is 45.2 Å². The molecule has 0 saturated carbocycles. The highest BCUT2D eigenvalue weighted by Gasteiger charge is 2.52. The fourth-order valence-electron chi connectivity index (χ4n) is 3.46. The molecule has 2 fully saturated rings. The van der Waals surface area contributed by atoms with Crippen molar-refractivity contribution in [1.82, 2.24) is 0 Å². The van der Waals surface area contributed by atoms with Gasteiger partial charge in [0.2, 0.25) is 0 Å². The molecule has 5 atom stereocenters. The van der Waals surface area contributed by atoms with E-state index in [2.05, 4.69) is 29.2 Å². The highest BCUT2D eigenvalue weighted by Crippen LogP contribution is 2.45. The minimum absolute atomic E-state index is 0.0744. The molecule has 5 heteroatoms. The molecule has 0 aliphatic carbocycles. The molecule has 0 bridgehead atoms. The molecule has 1 unspecified atom stereocenters. The molecule has 21 heavy (non-hydrogen) atoms. The summed E-state index contributed by atoms with van der Waals surface area (Å²) in [6.45, 7) is 5.83. The van der Waals surface area contributed by atoms with Gasteiger partial charge in [0.1, 0.15) is 5.60 Å². The van der Waals surface area contributed by atoms with E-state index in [0.717, 1.165) is 43.0 Å². The van der Waals surface area contributed by atoms with Crippen molar-refractivity contribution in [2.45, 2.75) is 69.4 Å². The fraction of sp³-hybridized carbons (Fsp3) is 0.875. The van der Waals surface area contributed by atoms with Crippen LogP contribution in [0.15, 0.2) is 12.3 Å². The van der Waals surface area contributed by atoms with Crippen LogP contribution in [0.25, 0.3) is 0 Å². The number of fused-ring (bicyclic) bond motifs is 1. The first-order valence-corrected chi connectivity index (χ1v) is 9.41. The number of halogens is 1. The highest BCUT2D eigenvalue weighted by molar-refractivity contribution is 14.1. The van der Waals surface area contributed by atoms with Gasteiger partial charge in [0, 0.05) is 23.4 Å². The van der Waals surface area contributed by atoms with Crippen LogP contribution in [0.2, 0.25) is 0 Å². The molecule has 2 rings (SSSR count). The standard InChI is InChI=1S/C16H27IO4/c1-11(12(2)19)8-13-5-6-15-16(10-17,21-13)9-14(20-15)4-3-7-18/h11,13-15,18-19H,2-10H2,1H3/t11-,13?,14+,15+,16-/m1/s1. The quantitative estimate of drug-likeness (QED) is 0.384. The van der Waals surface area contributed by atoms with Crippen LogP contribution in [-0.2, 0) is 9.47 Å². The first-order chi connectivity index (χ1) is 10.0. The number of rotatable bonds is 7. The van der Waals surface area contributed by atoms with Crippen molar-refractivity contribution in [1.29, 1.82) is 0 Å². The summed E-state index contributed by atoms with van der Waals surface area (Å²) in [5, 5.41) is 18.5. The van der Waals surface area contributed by atoms with Crippen molar-refractivity contribution >= 4 is 22.6 Å². The number of alkyl halides is 1. The Hall–Kier alpha value is 0.150. The molecule has 4 nitrogen and oxygen atoms in total. The summed E-state index contributed by atoms with van der Waals surface area (Å²) in [5.41, 5.74) is -0.180. The Morgan fingerprint density at radius 2 is 2.19 bits per heavy atom. The average Bonchev–Trinajstić information content (AvgIpc) is 2.83. The lowest BCUT2D eigenvalue weighted by atomic mass is 9.86. The zero-order chi connectivity index (χ0) is 15.5. The molecular weight excluding hydrogens is 383 g/mol. The van der Waals surface area contributed by atoms with Crippen molar-refractivity contribution in [2.24, 2.45) is 5.92 Å². The van der Waals surface area contributed by atoms with E-state index in [-0.39, 0.29) is 42.2 Å². The van der Waals surface area contributed by atoms with Crippen molar-refractivity contribution in [2.75, 3.05) is 11.0 Å². The first kappa shape index (κ1) is 17.5. The molecule has 0 aromatic heterocycles. The number of allylic oxidation sites excluding steroid dienone is 1. The van der Waals surface area contributed by atoms with E-state index in [9.17, 15) is 5.11 Å². The van der Waals surface area contributed by atoms with Gasteiger partial charge in [-0.25, -0.2) is 0 Å². The van der Waals surface area contributed by atoms with Gasteiger partial charge >= 0.3 is 0 Å². The number of hydrogen-bond donors (Lipinski definition) is 2. The van der Waals surface area contributed by atoms with E-state index in [1.54, 1.807) is 0 Å². The second-order valence-corrected chi connectivity index (χ2v) is 7.22. The van der Waals surface area contributed by atoms with Crippen molar-refractivity contribution in [3.8, 4) is 0 Å². The summed E-state index contributed by atoms with van der Waals surface area (Å²) in [6, 6.07) is 0. The third kappa shape index (κ3) is 4.12. The maximum atomic E-state index is 9.50. The normalized spacial score (nSPS) is 37.2. The number of aliphatic hydroxyl groups excluding tert-OH is 2. The molecule has 0 amide bonds. The summed E-state index contributed by atoms with van der Waals surface area (Å²) in [4.78, 5) is 0. The Morgan fingerprint density at radius 1 is 1.43 bits per heavy atom. The Labute approximate surface area is 141 Å². The van der Waals surface area contributed by atoms with Crippen LogP contribution in [0.5, 0.6) is 0 Å². The smallest absolute Gasteiger partial charge is 0.106 e. The van der Waals surface area contributed by atoms with E-state index in [1.165, 1.54) is 0 Å². The fourth-order valence-corrected chi connectivity index (χ4v) is 4.44. The molecule has 122 valence electrons. The van der Waals surface area contributed by atoms with Crippen LogP contribution in [0, 0.1) is 5.92 Å². The second-order valence-electron chi connectivity index (χ2n) is 6.46. The number of hydrogen-bond acceptors (Lipinski definition) is 4. The zero-order valence-electron chi connectivity index (χ0n) is 12.8. The van der Waals surface area contributed by atoms with Crippen LogP contribution in [0.4, 0.5) is 0 Å². The Kier molecular flexibility index (Phi) is 6.35. The van der Waals surface area contributed by atoms with Crippen molar-refractivity contribution in [3.63, 3.8) is 0 Å². The minimum atomic E-state index is -0.180. The SMILES string of the molecule is C=C(O)[C@H](C)CC1CC[C@@H]2O[C@@H](CCCO)C[C@]2(CI)O1. The van der Waals surface area contributed by atoms with Crippen LogP contribution in [0.3, 0.4) is 0 Å². The number of ether oxygens (including phenoxy) is 2. The van der Waals surface area contributed by atoms with Gasteiger partial charge in [0.05, 0.1) is 24.1 Å². The highest BCUT2D eigenvalue weighted by atomic mass is 127. The van der Waals surface area contributed by atoms with Gasteiger partial charge in [-0.3, -0.25) is 0 Å². The summed E-state index contributed by atoms with van der Waals surface area (Å²) >= 11 is 2.40. The summed E-state index contributed by atoms with van der Waals surface area (Å²) < 4.78 is 13.5. The van der Waals surface area contributed by atoms with Gasteiger partial charge in [0.25, 0.3) is 0 Å². The molecule has 0 aromatic rings. The largest absolute Gasteiger partial charge is 0.513 e. The van der Waals surface area contributed by atoms with Gasteiger partial charge < -0.3 is 19.7 Å². The number of aliphatic hydroxyl groups is 2. The third-order valence-electron chi connectivity index (χ3n) is 4.76. The lowest BCUT2D eigenvalue weighted by Crippen LogP contribution is -2.50. The predicted octanol–water partition coefficient (Wildman–Crippen LogP) is 3.37. The maximum absolute atomic E-state index is 9.50. The van der Waals surface area contributed by atoms with Gasteiger partial charge in [-0.1, -0.05) is 36.1 Å². The lowest BCUT2D eigenvalue weighted by molar-refractivity contribution is -0.156. The molecule has 2 aliphatic heterocycles. The summed E-state index contributed by atoms with van der Waals surface area (Å²) in [6.07, 6.45) is 6.01. The van der Waals surface area contributed by atoms with E-state index < -0.39 is 0 Å². The van der Waals surface area contributed by atoms with Crippen LogP contribution >= 0.6 is 22.6 Å². The van der Waals surface area contributed by atoms with E-state index >= 15 is 0 Å². The molecule has 0 aromatic carbocycles. The van der Waals surface area contributed by atoms with Gasteiger partial charge in [-0.15, -0.1) is 0 Å². The van der Waals surface area contributed by atoms with Crippen molar-refractivity contribution in [3.05, 3.63) is 12.3 Å². The Morgan fingerprint density at radius 3 is 2.81 bits per heavy atom. The second kappa shape index (κ2) is 7.62. The summed E-state index contributed by atoms with van der Waals surface area (Å²) in [7, 11) is 0. The third-order valence-corrected chi connectivity index (χ3v) is 6.06. The monoisotopic (exact) mass is 410 g/mol. The lowest BCUT2D eigenvalue weighted by Gasteiger charge is -2.41. The molecular formula is C16H27IO4. The Balaban J connectivity index is 1.96. The van der Waals surface area contributed by atoms with Crippen LogP contribution in [0.1, 0.15) is 45.4 Å². The molecule has 2 aliphatic rings. The predicted molar refractivity (Wildman–Crippen MR) is 90.9 cm³/mol. The van der Waals surface area contributed by atoms with Gasteiger partial charge in [0.15, 0.2) is 0 Å². The maximum Gasteiger partial charge on any atom is 0.106 e. The minimum Gasteiger partial charge on any atom is -0.513 e. The van der Waals surface area contributed by atoms with Gasteiger partial charge in [-0.05, 0) is 32.1 Å². The summed E-state index contributed by atoms with van der Waals surface area (Å²) in [5.74, 6) is 0.318. The molecule has 2 N–H and O–H groups in total. The molecule has 2 heterocycles. The van der Waals surface area contributed by atoms with Crippen molar-refractivity contribution < 1.29 is 19.7 Å². The zero-order valence-corrected chi connectivity index (χ0v) is 14.9. The van der Waals surface area contributed by atoms with E-state index in [1.807, 2.05) is 6.92 Å². The van der Waals surface area contributed by atoms with E-state index in [0.29, 0.717) is 0 Å². The topological polar surface area (TPSA) is 58.9 Å². The molecule has 0 radical (unpaired) electrons.